The number of aliphatic carboxylic acids is 1. The first-order chi connectivity index (χ1) is 9.50. The van der Waals surface area contributed by atoms with Gasteiger partial charge in [0.2, 0.25) is 0 Å². The predicted octanol–water partition coefficient (Wildman–Crippen LogP) is 0.978. The van der Waals surface area contributed by atoms with Crippen LogP contribution in [0.25, 0.3) is 5.69 Å². The summed E-state index contributed by atoms with van der Waals surface area (Å²) in [6.07, 6.45) is 0. The van der Waals surface area contributed by atoms with Crippen LogP contribution in [0.1, 0.15) is 5.69 Å². The molecule has 0 aliphatic carbocycles. The second kappa shape index (κ2) is 5.98. The van der Waals surface area contributed by atoms with Crippen LogP contribution in [-0.2, 0) is 4.79 Å². The van der Waals surface area contributed by atoms with Crippen molar-refractivity contribution in [2.45, 2.75) is 17.9 Å². The van der Waals surface area contributed by atoms with Crippen molar-refractivity contribution in [3.8, 4) is 5.69 Å². The van der Waals surface area contributed by atoms with Gasteiger partial charge in [0.25, 0.3) is 5.56 Å². The molecule has 1 aromatic heterocycles. The first-order valence-corrected chi connectivity index (χ1v) is 6.97. The van der Waals surface area contributed by atoms with E-state index in [1.807, 2.05) is 30.3 Å². The molecule has 0 saturated carbocycles. The minimum absolute atomic E-state index is 0.151. The Hall–Kier alpha value is -1.99. The van der Waals surface area contributed by atoms with Gasteiger partial charge in [-0.3, -0.25) is 14.7 Å². The molecule has 0 spiro atoms. The molecular weight excluding hydrogens is 278 g/mol. The molecular formula is C13H15N3O3S. The topological polar surface area (TPSA) is 101 Å². The van der Waals surface area contributed by atoms with Crippen LogP contribution in [0.3, 0.4) is 0 Å². The quantitative estimate of drug-likeness (QED) is 0.713. The molecule has 1 aromatic carbocycles. The van der Waals surface area contributed by atoms with Crippen molar-refractivity contribution in [2.75, 3.05) is 5.75 Å². The molecule has 106 valence electrons. The van der Waals surface area contributed by atoms with Crippen molar-refractivity contribution in [3.63, 3.8) is 0 Å². The lowest BCUT2D eigenvalue weighted by Gasteiger charge is -2.03. The molecule has 7 heteroatoms. The highest BCUT2D eigenvalue weighted by molar-refractivity contribution is 7.99. The SMILES string of the molecule is Cc1[nH]n(-c2ccccc2)c(=O)c1SC[C@H](N)C(=O)O. The summed E-state index contributed by atoms with van der Waals surface area (Å²) in [6.45, 7) is 1.77. The first kappa shape index (κ1) is 14.4. The van der Waals surface area contributed by atoms with Gasteiger partial charge in [0.1, 0.15) is 6.04 Å². The van der Waals surface area contributed by atoms with Gasteiger partial charge >= 0.3 is 5.97 Å². The Labute approximate surface area is 119 Å². The number of hydrogen-bond donors (Lipinski definition) is 3. The first-order valence-electron chi connectivity index (χ1n) is 5.99. The van der Waals surface area contributed by atoms with E-state index in [0.29, 0.717) is 10.6 Å². The van der Waals surface area contributed by atoms with Crippen molar-refractivity contribution >= 4 is 17.7 Å². The fourth-order valence-corrected chi connectivity index (χ4v) is 2.67. The Bertz CT molecular complexity index is 663. The zero-order valence-electron chi connectivity index (χ0n) is 10.9. The van der Waals surface area contributed by atoms with Crippen molar-refractivity contribution in [3.05, 3.63) is 46.4 Å². The van der Waals surface area contributed by atoms with E-state index in [2.05, 4.69) is 5.10 Å². The molecule has 1 heterocycles. The maximum absolute atomic E-state index is 12.3. The summed E-state index contributed by atoms with van der Waals surface area (Å²) in [6, 6.07) is 8.19. The molecule has 2 aromatic rings. The number of hydrogen-bond acceptors (Lipinski definition) is 4. The lowest BCUT2D eigenvalue weighted by atomic mass is 10.3. The third kappa shape index (κ3) is 2.94. The molecule has 0 aliphatic rings. The van der Waals surface area contributed by atoms with Gasteiger partial charge in [-0.1, -0.05) is 18.2 Å². The number of aromatic nitrogens is 2. The van der Waals surface area contributed by atoms with E-state index in [-0.39, 0.29) is 11.3 Å². The van der Waals surface area contributed by atoms with Crippen molar-refractivity contribution in [2.24, 2.45) is 5.73 Å². The monoisotopic (exact) mass is 293 g/mol. The van der Waals surface area contributed by atoms with Crippen LogP contribution in [0.15, 0.2) is 40.0 Å². The second-order valence-corrected chi connectivity index (χ2v) is 5.33. The van der Waals surface area contributed by atoms with Crippen LogP contribution in [0.2, 0.25) is 0 Å². The lowest BCUT2D eigenvalue weighted by Crippen LogP contribution is -2.32. The summed E-state index contributed by atoms with van der Waals surface area (Å²) in [7, 11) is 0. The maximum Gasteiger partial charge on any atom is 0.321 e. The summed E-state index contributed by atoms with van der Waals surface area (Å²) in [5.41, 5.74) is 6.67. The van der Waals surface area contributed by atoms with E-state index in [9.17, 15) is 9.59 Å². The van der Waals surface area contributed by atoms with E-state index < -0.39 is 12.0 Å². The van der Waals surface area contributed by atoms with E-state index in [0.717, 1.165) is 17.4 Å². The van der Waals surface area contributed by atoms with Crippen molar-refractivity contribution in [1.29, 1.82) is 0 Å². The van der Waals surface area contributed by atoms with Gasteiger partial charge in [0.05, 0.1) is 10.6 Å². The van der Waals surface area contributed by atoms with Gasteiger partial charge < -0.3 is 10.8 Å². The molecule has 0 unspecified atom stereocenters. The predicted molar refractivity (Wildman–Crippen MR) is 77.5 cm³/mol. The number of para-hydroxylation sites is 1. The maximum atomic E-state index is 12.3. The van der Waals surface area contributed by atoms with Gasteiger partial charge in [-0.15, -0.1) is 11.8 Å². The molecule has 0 fully saturated rings. The molecule has 1 atom stereocenters. The molecule has 0 aliphatic heterocycles. The Kier molecular flexibility index (Phi) is 4.31. The summed E-state index contributed by atoms with van der Waals surface area (Å²) >= 11 is 1.16. The third-order valence-electron chi connectivity index (χ3n) is 2.76. The van der Waals surface area contributed by atoms with Gasteiger partial charge in [-0.25, -0.2) is 4.68 Å². The number of carboxylic acids is 1. The van der Waals surface area contributed by atoms with Crippen molar-refractivity contribution in [1.82, 2.24) is 9.78 Å². The Morgan fingerprint density at radius 1 is 1.45 bits per heavy atom. The summed E-state index contributed by atoms with van der Waals surface area (Å²) in [4.78, 5) is 23.5. The van der Waals surface area contributed by atoms with E-state index >= 15 is 0 Å². The Balaban J connectivity index is 2.26. The Morgan fingerprint density at radius 3 is 2.70 bits per heavy atom. The molecule has 0 bridgehead atoms. The second-order valence-electron chi connectivity index (χ2n) is 4.30. The molecule has 0 saturated heterocycles. The summed E-state index contributed by atoms with van der Waals surface area (Å²) < 4.78 is 1.43. The van der Waals surface area contributed by atoms with Gasteiger partial charge in [-0.2, -0.15) is 0 Å². The summed E-state index contributed by atoms with van der Waals surface area (Å²) in [5.74, 6) is -0.924. The lowest BCUT2D eigenvalue weighted by molar-refractivity contribution is -0.137. The van der Waals surface area contributed by atoms with Crippen LogP contribution < -0.4 is 11.3 Å². The van der Waals surface area contributed by atoms with Gasteiger partial charge in [-0.05, 0) is 19.1 Å². The number of carboxylic acid groups (broad SMARTS) is 1. The summed E-state index contributed by atoms with van der Waals surface area (Å²) in [5, 5.41) is 11.7. The van der Waals surface area contributed by atoms with Gasteiger partial charge in [0, 0.05) is 11.4 Å². The molecule has 2 rings (SSSR count). The largest absolute Gasteiger partial charge is 0.480 e. The van der Waals surface area contributed by atoms with Gasteiger partial charge in [0.15, 0.2) is 0 Å². The van der Waals surface area contributed by atoms with E-state index in [1.165, 1.54) is 4.68 Å². The molecule has 6 nitrogen and oxygen atoms in total. The zero-order chi connectivity index (χ0) is 14.7. The average molecular weight is 293 g/mol. The average Bonchev–Trinajstić information content (AvgIpc) is 2.72. The normalized spacial score (nSPS) is 12.3. The molecule has 20 heavy (non-hydrogen) atoms. The number of H-pyrrole nitrogens is 1. The number of nitrogens with zero attached hydrogens (tertiary/aromatic N) is 1. The number of thioether (sulfide) groups is 1. The van der Waals surface area contributed by atoms with Crippen LogP contribution in [0.5, 0.6) is 0 Å². The number of nitrogens with one attached hydrogen (secondary N) is 1. The van der Waals surface area contributed by atoms with Crippen LogP contribution in [-0.4, -0.2) is 32.7 Å². The molecule has 0 radical (unpaired) electrons. The third-order valence-corrected chi connectivity index (χ3v) is 4.05. The zero-order valence-corrected chi connectivity index (χ0v) is 11.7. The number of carbonyl (C=O) groups is 1. The highest BCUT2D eigenvalue weighted by Crippen LogP contribution is 2.19. The minimum Gasteiger partial charge on any atom is -0.480 e. The fourth-order valence-electron chi connectivity index (χ4n) is 1.70. The smallest absolute Gasteiger partial charge is 0.321 e. The highest BCUT2D eigenvalue weighted by atomic mass is 32.2. The fraction of sp³-hybridized carbons (Fsp3) is 0.231. The standard InChI is InChI=1S/C13H15N3O3S/c1-8-11(20-7-10(14)13(18)19)12(17)16(15-8)9-5-3-2-4-6-9/h2-6,10,15H,7,14H2,1H3,(H,18,19)/t10-/m0/s1. The number of rotatable bonds is 5. The highest BCUT2D eigenvalue weighted by Gasteiger charge is 2.17. The number of benzene rings is 1. The van der Waals surface area contributed by atoms with Crippen molar-refractivity contribution < 1.29 is 9.90 Å². The number of nitrogens with two attached hydrogens (primary N) is 1. The van der Waals surface area contributed by atoms with E-state index in [1.54, 1.807) is 6.92 Å². The van der Waals surface area contributed by atoms with E-state index in [4.69, 9.17) is 10.8 Å². The molecule has 4 N–H and O–H groups in total. The number of aromatic amines is 1. The molecule has 0 amide bonds. The Morgan fingerprint density at radius 2 is 2.10 bits per heavy atom. The van der Waals surface area contributed by atoms with Crippen LogP contribution in [0, 0.1) is 6.92 Å². The van der Waals surface area contributed by atoms with Crippen LogP contribution >= 0.6 is 11.8 Å². The minimum atomic E-state index is -1.07. The van der Waals surface area contributed by atoms with Crippen LogP contribution in [0.4, 0.5) is 0 Å². The number of aryl methyl sites for hydroxylation is 1.